The molecule has 0 aliphatic carbocycles. The van der Waals surface area contributed by atoms with E-state index < -0.39 is 11.9 Å². The van der Waals surface area contributed by atoms with Crippen LogP contribution in [0, 0.1) is 5.92 Å². The van der Waals surface area contributed by atoms with Gasteiger partial charge in [0.25, 0.3) is 11.8 Å². The summed E-state index contributed by atoms with van der Waals surface area (Å²) < 4.78 is 22.6. The SMILES string of the molecule is O=C(/C=C/c1cccnc1)NCCCCC1CCN(C(=O)c2ccc(N3CCC(N4CCN(C(=O)COCCOCCOCCOCCNc5cccc6c5CN(C5CCC(=O)NC5=O)C6=O)CC4)CC3)nn2)CC1. The van der Waals surface area contributed by atoms with Gasteiger partial charge < -0.3 is 49.2 Å². The number of rotatable bonds is 26. The van der Waals surface area contributed by atoms with Crippen molar-refractivity contribution in [2.75, 3.05) is 129 Å². The number of pyridine rings is 1. The maximum Gasteiger partial charge on any atom is 0.274 e. The predicted molar refractivity (Wildman–Crippen MR) is 278 cm³/mol. The first-order valence-corrected chi connectivity index (χ1v) is 26.8. The maximum absolute atomic E-state index is 13.3. The number of fused-ring (bicyclic) bond motifs is 1. The summed E-state index contributed by atoms with van der Waals surface area (Å²) in [5.41, 5.74) is 3.48. The third kappa shape index (κ3) is 16.1. The summed E-state index contributed by atoms with van der Waals surface area (Å²) in [4.78, 5) is 89.4. The average molecular weight is 1040 g/mol. The molecular formula is C54H73N11O10. The Morgan fingerprint density at radius 2 is 1.48 bits per heavy atom. The number of piperazine rings is 1. The Morgan fingerprint density at radius 1 is 0.733 bits per heavy atom. The molecule has 2 aromatic heterocycles. The van der Waals surface area contributed by atoms with Crippen LogP contribution in [0.1, 0.15) is 89.8 Å². The standard InChI is InChI=1S/C54H73N11O10/c66-49(13-9-41-6-4-19-55-37-41)57-20-2-1-5-40-15-22-64(23-16-40)54(71)46-10-12-48(60-59-46)62-24-17-42(18-25-62)61-26-28-63(29-27-61)51(68)39-75-36-35-74-34-33-73-32-31-72-30-21-56-45-8-3-7-43-44(45)38-65(53(43)70)47-11-14-50(67)58-52(47)69/h3-4,6-10,12-13,19,37,40,42,47,56H,1-2,5,11,14-18,20-36,38-39H2,(H,57,66)(H,58,67,69)/b13-9+. The van der Waals surface area contributed by atoms with Gasteiger partial charge in [-0.2, -0.15) is 0 Å². The number of nitrogens with one attached hydrogen (secondary N) is 3. The molecule has 21 nitrogen and oxygen atoms in total. The van der Waals surface area contributed by atoms with Crippen LogP contribution in [0.3, 0.4) is 0 Å². The zero-order valence-corrected chi connectivity index (χ0v) is 43.0. The van der Waals surface area contributed by atoms with Gasteiger partial charge in [0, 0.05) is 120 Å². The van der Waals surface area contributed by atoms with E-state index >= 15 is 0 Å². The highest BCUT2D eigenvalue weighted by Gasteiger charge is 2.40. The van der Waals surface area contributed by atoms with Gasteiger partial charge in [-0.3, -0.25) is 44.0 Å². The topological polar surface area (TPSA) is 230 Å². The summed E-state index contributed by atoms with van der Waals surface area (Å²) >= 11 is 0. The molecule has 6 amide bonds. The number of benzene rings is 1. The molecule has 0 bridgehead atoms. The van der Waals surface area contributed by atoms with E-state index in [9.17, 15) is 28.8 Å². The Kier molecular flexibility index (Phi) is 20.8. The van der Waals surface area contributed by atoms with E-state index in [2.05, 4.69) is 40.9 Å². The fraction of sp³-hybridized carbons (Fsp3) is 0.574. The number of piperidine rings is 3. The fourth-order valence-electron chi connectivity index (χ4n) is 10.4. The molecule has 5 aliphatic rings. The van der Waals surface area contributed by atoms with E-state index in [4.69, 9.17) is 18.9 Å². The highest BCUT2D eigenvalue weighted by Crippen LogP contribution is 2.32. The highest BCUT2D eigenvalue weighted by atomic mass is 16.6. The van der Waals surface area contributed by atoms with Crippen LogP contribution in [0.2, 0.25) is 0 Å². The van der Waals surface area contributed by atoms with Crippen molar-refractivity contribution in [2.45, 2.75) is 76.4 Å². The molecule has 1 atom stereocenters. The number of amides is 6. The molecule has 7 heterocycles. The highest BCUT2D eigenvalue weighted by molar-refractivity contribution is 6.06. The number of nitrogens with zero attached hydrogens (tertiary/aromatic N) is 8. The molecule has 404 valence electrons. The molecule has 75 heavy (non-hydrogen) atoms. The Morgan fingerprint density at radius 3 is 2.19 bits per heavy atom. The Hall–Kier alpha value is -6.39. The number of carbonyl (C=O) groups is 6. The minimum Gasteiger partial charge on any atom is -0.382 e. The van der Waals surface area contributed by atoms with E-state index in [1.165, 1.54) is 4.90 Å². The van der Waals surface area contributed by atoms with Crippen molar-refractivity contribution in [3.8, 4) is 0 Å². The van der Waals surface area contributed by atoms with Crippen molar-refractivity contribution in [2.24, 2.45) is 5.92 Å². The third-order valence-corrected chi connectivity index (χ3v) is 14.7. The van der Waals surface area contributed by atoms with Gasteiger partial charge in [0.15, 0.2) is 11.5 Å². The number of anilines is 2. The second-order valence-electron chi connectivity index (χ2n) is 19.6. The lowest BCUT2D eigenvalue weighted by molar-refractivity contribution is -0.139. The predicted octanol–water partition coefficient (Wildman–Crippen LogP) is 2.78. The van der Waals surface area contributed by atoms with Crippen LogP contribution in [0.15, 0.2) is 60.9 Å². The molecule has 8 rings (SSSR count). The second-order valence-corrected chi connectivity index (χ2v) is 19.6. The van der Waals surface area contributed by atoms with Crippen molar-refractivity contribution in [3.63, 3.8) is 0 Å². The molecule has 5 aliphatic heterocycles. The molecule has 3 aromatic rings. The van der Waals surface area contributed by atoms with E-state index in [0.29, 0.717) is 122 Å². The molecule has 1 unspecified atom stereocenters. The first-order chi connectivity index (χ1) is 36.7. The van der Waals surface area contributed by atoms with Crippen LogP contribution in [0.25, 0.3) is 6.08 Å². The molecule has 1 aromatic carbocycles. The molecule has 4 saturated heterocycles. The van der Waals surface area contributed by atoms with Crippen LogP contribution in [-0.4, -0.2) is 201 Å². The quantitative estimate of drug-likeness (QED) is 0.0597. The fourth-order valence-corrected chi connectivity index (χ4v) is 10.4. The van der Waals surface area contributed by atoms with Crippen LogP contribution in [0.4, 0.5) is 11.5 Å². The lowest BCUT2D eigenvalue weighted by Crippen LogP contribution is -2.55. The molecule has 0 spiro atoms. The second kappa shape index (κ2) is 28.5. The average Bonchev–Trinajstić information content (AvgIpc) is 3.79. The number of hydrogen-bond acceptors (Lipinski definition) is 16. The number of hydrogen-bond donors (Lipinski definition) is 3. The van der Waals surface area contributed by atoms with Gasteiger partial charge in [-0.15, -0.1) is 10.2 Å². The summed E-state index contributed by atoms with van der Waals surface area (Å²) in [7, 11) is 0. The molecule has 0 saturated carbocycles. The van der Waals surface area contributed by atoms with E-state index in [-0.39, 0.29) is 42.6 Å². The monoisotopic (exact) mass is 1040 g/mol. The molecule has 0 radical (unpaired) electrons. The zero-order chi connectivity index (χ0) is 52.2. The first-order valence-electron chi connectivity index (χ1n) is 26.8. The third-order valence-electron chi connectivity index (χ3n) is 14.7. The van der Waals surface area contributed by atoms with E-state index in [1.54, 1.807) is 30.6 Å². The molecule has 21 heteroatoms. The maximum atomic E-state index is 13.3. The Bertz CT molecular complexity index is 2390. The summed E-state index contributed by atoms with van der Waals surface area (Å²) in [5, 5.41) is 17.5. The molecule has 4 fully saturated rings. The van der Waals surface area contributed by atoms with Crippen LogP contribution in [-0.2, 0) is 44.7 Å². The number of ether oxygens (including phenoxy) is 4. The van der Waals surface area contributed by atoms with Crippen molar-refractivity contribution in [3.05, 3.63) is 83.3 Å². The minimum atomic E-state index is -0.654. The van der Waals surface area contributed by atoms with Gasteiger partial charge >= 0.3 is 0 Å². The first kappa shape index (κ1) is 54.9. The Balaban J connectivity index is 0.596. The van der Waals surface area contributed by atoms with Crippen molar-refractivity contribution < 1.29 is 47.7 Å². The van der Waals surface area contributed by atoms with Gasteiger partial charge in [0.2, 0.25) is 23.6 Å². The molecule has 3 N–H and O–H groups in total. The van der Waals surface area contributed by atoms with E-state index in [0.717, 1.165) is 93.8 Å². The Labute approximate surface area is 439 Å². The van der Waals surface area contributed by atoms with Gasteiger partial charge in [-0.1, -0.05) is 25.0 Å². The van der Waals surface area contributed by atoms with E-state index in [1.807, 2.05) is 46.2 Å². The number of aromatic nitrogens is 3. The number of carbonyl (C=O) groups excluding carboxylic acids is 6. The number of likely N-dealkylation sites (tertiary alicyclic amines) is 1. The van der Waals surface area contributed by atoms with Crippen molar-refractivity contribution >= 4 is 53.0 Å². The summed E-state index contributed by atoms with van der Waals surface area (Å²) in [6, 6.07) is 12.7. The number of unbranched alkanes of at least 4 members (excludes halogenated alkanes) is 1. The normalized spacial score (nSPS) is 18.9. The lowest BCUT2D eigenvalue weighted by atomic mass is 9.91. The minimum absolute atomic E-state index is 0.00945. The van der Waals surface area contributed by atoms with Crippen LogP contribution < -0.4 is 20.9 Å². The smallest absolute Gasteiger partial charge is 0.274 e. The van der Waals surface area contributed by atoms with Gasteiger partial charge in [-0.05, 0) is 86.4 Å². The number of imide groups is 1. The largest absolute Gasteiger partial charge is 0.382 e. The summed E-state index contributed by atoms with van der Waals surface area (Å²) in [6.07, 6.45) is 14.2. The zero-order valence-electron chi connectivity index (χ0n) is 43.0. The summed E-state index contributed by atoms with van der Waals surface area (Å²) in [5.74, 6) is 0.247. The van der Waals surface area contributed by atoms with Crippen molar-refractivity contribution in [1.82, 2.24) is 45.4 Å². The van der Waals surface area contributed by atoms with Gasteiger partial charge in [0.1, 0.15) is 12.6 Å². The van der Waals surface area contributed by atoms with Crippen molar-refractivity contribution in [1.29, 1.82) is 0 Å². The van der Waals surface area contributed by atoms with Crippen LogP contribution >= 0.6 is 0 Å². The van der Waals surface area contributed by atoms with Gasteiger partial charge in [-0.25, -0.2) is 0 Å². The summed E-state index contributed by atoms with van der Waals surface area (Å²) in [6.45, 7) is 10.4. The molecular weight excluding hydrogens is 963 g/mol. The van der Waals surface area contributed by atoms with Crippen LogP contribution in [0.5, 0.6) is 0 Å². The van der Waals surface area contributed by atoms with Gasteiger partial charge in [0.05, 0.1) is 46.2 Å². The lowest BCUT2D eigenvalue weighted by Gasteiger charge is -2.43.